The zero-order valence-electron chi connectivity index (χ0n) is 15.4. The van der Waals surface area contributed by atoms with Crippen LogP contribution in [0.5, 0.6) is 0 Å². The van der Waals surface area contributed by atoms with Crippen LogP contribution in [-0.2, 0) is 5.75 Å². The smallest absolute Gasteiger partial charge is 0.237 e. The first-order chi connectivity index (χ1) is 13.1. The molecule has 6 nitrogen and oxygen atoms in total. The highest BCUT2D eigenvalue weighted by atomic mass is 32.2. The molecule has 0 bridgehead atoms. The maximum Gasteiger partial charge on any atom is 0.237 e. The molecule has 0 aliphatic heterocycles. The van der Waals surface area contributed by atoms with Crippen LogP contribution in [0.15, 0.2) is 58.2 Å². The highest BCUT2D eigenvalue weighted by Gasteiger charge is 2.17. The first-order valence-corrected chi connectivity index (χ1v) is 9.60. The van der Waals surface area contributed by atoms with Crippen molar-refractivity contribution >= 4 is 11.8 Å². The van der Waals surface area contributed by atoms with E-state index in [1.54, 1.807) is 0 Å². The third-order valence-corrected chi connectivity index (χ3v) is 5.04. The summed E-state index contributed by atoms with van der Waals surface area (Å²) in [5.41, 5.74) is 4.46. The lowest BCUT2D eigenvalue weighted by Gasteiger charge is -2.10. The largest absolute Gasteiger partial charge is 0.338 e. The van der Waals surface area contributed by atoms with E-state index in [1.807, 2.05) is 6.92 Å². The summed E-state index contributed by atoms with van der Waals surface area (Å²) in [7, 11) is 0. The van der Waals surface area contributed by atoms with E-state index in [9.17, 15) is 0 Å². The lowest BCUT2D eigenvalue weighted by molar-refractivity contribution is 0.387. The molecule has 0 atom stereocenters. The molecule has 136 valence electrons. The second kappa shape index (κ2) is 7.36. The van der Waals surface area contributed by atoms with Crippen molar-refractivity contribution in [1.82, 2.24) is 24.9 Å². The third kappa shape index (κ3) is 3.78. The Morgan fingerprint density at radius 1 is 0.889 bits per heavy atom. The molecule has 4 aromatic rings. The molecule has 27 heavy (non-hydrogen) atoms. The van der Waals surface area contributed by atoms with Gasteiger partial charge in [-0.25, -0.2) is 0 Å². The van der Waals surface area contributed by atoms with E-state index in [0.29, 0.717) is 17.5 Å². The number of nitrogens with zero attached hydrogens (tertiary/aromatic N) is 5. The standard InChI is InChI=1S/C20H19N5OS/c1-13-4-8-16(9-5-13)19-22-23-20(27-12-18-21-15(3)24-26-18)25(19)17-10-6-14(2)7-11-17/h4-11H,12H2,1-3H3. The number of rotatable bonds is 5. The molecule has 2 aromatic carbocycles. The van der Waals surface area contributed by atoms with Crippen LogP contribution in [0.2, 0.25) is 0 Å². The van der Waals surface area contributed by atoms with E-state index in [4.69, 9.17) is 4.52 Å². The van der Waals surface area contributed by atoms with Gasteiger partial charge in [-0.3, -0.25) is 4.57 Å². The van der Waals surface area contributed by atoms with Crippen LogP contribution in [0.25, 0.3) is 17.1 Å². The van der Waals surface area contributed by atoms with Gasteiger partial charge in [-0.1, -0.05) is 64.4 Å². The maximum atomic E-state index is 5.21. The molecule has 0 aliphatic carbocycles. The van der Waals surface area contributed by atoms with Crippen LogP contribution < -0.4 is 0 Å². The lowest BCUT2D eigenvalue weighted by atomic mass is 10.1. The summed E-state index contributed by atoms with van der Waals surface area (Å²) in [4.78, 5) is 4.26. The Bertz CT molecular complexity index is 1050. The average Bonchev–Trinajstić information content (AvgIpc) is 3.27. The molecular formula is C20H19N5OS. The predicted molar refractivity (Wildman–Crippen MR) is 105 cm³/mol. The Morgan fingerprint density at radius 3 is 2.19 bits per heavy atom. The van der Waals surface area contributed by atoms with Gasteiger partial charge < -0.3 is 4.52 Å². The number of aryl methyl sites for hydroxylation is 3. The van der Waals surface area contributed by atoms with Crippen LogP contribution in [0.3, 0.4) is 0 Å². The number of hydrogen-bond donors (Lipinski definition) is 0. The number of hydrogen-bond acceptors (Lipinski definition) is 6. The van der Waals surface area contributed by atoms with Gasteiger partial charge >= 0.3 is 0 Å². The molecule has 7 heteroatoms. The van der Waals surface area contributed by atoms with Crippen molar-refractivity contribution in [3.8, 4) is 17.1 Å². The van der Waals surface area contributed by atoms with Crippen LogP contribution in [0.1, 0.15) is 22.8 Å². The van der Waals surface area contributed by atoms with Gasteiger partial charge in [0.2, 0.25) is 5.89 Å². The molecule has 2 heterocycles. The fourth-order valence-electron chi connectivity index (χ4n) is 2.70. The van der Waals surface area contributed by atoms with Crippen LogP contribution >= 0.6 is 11.8 Å². The summed E-state index contributed by atoms with van der Waals surface area (Å²) in [6.45, 7) is 5.95. The molecule has 0 unspecified atom stereocenters. The minimum Gasteiger partial charge on any atom is -0.338 e. The van der Waals surface area contributed by atoms with Crippen LogP contribution in [0.4, 0.5) is 0 Å². The van der Waals surface area contributed by atoms with E-state index >= 15 is 0 Å². The zero-order valence-corrected chi connectivity index (χ0v) is 16.2. The number of benzene rings is 2. The summed E-state index contributed by atoms with van der Waals surface area (Å²) in [6.07, 6.45) is 0. The van der Waals surface area contributed by atoms with Gasteiger partial charge in [0.25, 0.3) is 0 Å². The molecule has 4 rings (SSSR count). The van der Waals surface area contributed by atoms with Gasteiger partial charge in [-0.2, -0.15) is 4.98 Å². The molecule has 0 saturated heterocycles. The minimum absolute atomic E-state index is 0.540. The van der Waals surface area contributed by atoms with Crippen molar-refractivity contribution < 1.29 is 4.52 Å². The number of aromatic nitrogens is 5. The lowest BCUT2D eigenvalue weighted by Crippen LogP contribution is -2.00. The Balaban J connectivity index is 1.74. The maximum absolute atomic E-state index is 5.21. The summed E-state index contributed by atoms with van der Waals surface area (Å²) >= 11 is 1.52. The first kappa shape index (κ1) is 17.5. The third-order valence-electron chi connectivity index (χ3n) is 4.13. The predicted octanol–water partition coefficient (Wildman–Crippen LogP) is 4.53. The highest BCUT2D eigenvalue weighted by molar-refractivity contribution is 7.98. The molecule has 0 aliphatic rings. The first-order valence-electron chi connectivity index (χ1n) is 8.61. The van der Waals surface area contributed by atoms with Gasteiger partial charge in [0.1, 0.15) is 0 Å². The van der Waals surface area contributed by atoms with Gasteiger partial charge in [0.15, 0.2) is 16.8 Å². The summed E-state index contributed by atoms with van der Waals surface area (Å²) < 4.78 is 7.28. The van der Waals surface area contributed by atoms with Crippen molar-refractivity contribution in [2.24, 2.45) is 0 Å². The van der Waals surface area contributed by atoms with Crippen molar-refractivity contribution in [1.29, 1.82) is 0 Å². The van der Waals surface area contributed by atoms with E-state index in [1.165, 1.54) is 22.9 Å². The minimum atomic E-state index is 0.540. The fraction of sp³-hybridized carbons (Fsp3) is 0.200. The van der Waals surface area contributed by atoms with Crippen molar-refractivity contribution in [3.63, 3.8) is 0 Å². The molecule has 0 amide bonds. The zero-order chi connectivity index (χ0) is 18.8. The molecule has 0 saturated carbocycles. The summed E-state index contributed by atoms with van der Waals surface area (Å²) in [5.74, 6) is 2.56. The Labute approximate surface area is 161 Å². The summed E-state index contributed by atoms with van der Waals surface area (Å²) in [6, 6.07) is 16.6. The topological polar surface area (TPSA) is 69.6 Å². The molecule has 0 spiro atoms. The quantitative estimate of drug-likeness (QED) is 0.476. The van der Waals surface area contributed by atoms with Crippen molar-refractivity contribution in [3.05, 3.63) is 71.4 Å². The fourth-order valence-corrected chi connectivity index (χ4v) is 3.49. The monoisotopic (exact) mass is 377 g/mol. The molecular weight excluding hydrogens is 358 g/mol. The van der Waals surface area contributed by atoms with Crippen molar-refractivity contribution in [2.75, 3.05) is 0 Å². The molecule has 0 radical (unpaired) electrons. The summed E-state index contributed by atoms with van der Waals surface area (Å²) in [5, 5.41) is 13.5. The van der Waals surface area contributed by atoms with E-state index in [-0.39, 0.29) is 0 Å². The van der Waals surface area contributed by atoms with Gasteiger partial charge in [-0.05, 0) is 32.9 Å². The second-order valence-corrected chi connectivity index (χ2v) is 7.31. The van der Waals surface area contributed by atoms with E-state index < -0.39 is 0 Å². The second-order valence-electron chi connectivity index (χ2n) is 6.37. The average molecular weight is 377 g/mol. The van der Waals surface area contributed by atoms with Gasteiger partial charge in [0.05, 0.1) is 5.75 Å². The van der Waals surface area contributed by atoms with E-state index in [2.05, 4.69) is 87.3 Å². The molecule has 2 aromatic heterocycles. The Morgan fingerprint density at radius 2 is 1.56 bits per heavy atom. The van der Waals surface area contributed by atoms with Gasteiger partial charge in [0, 0.05) is 11.3 Å². The van der Waals surface area contributed by atoms with Crippen LogP contribution in [-0.4, -0.2) is 24.9 Å². The molecule has 0 N–H and O–H groups in total. The highest BCUT2D eigenvalue weighted by Crippen LogP contribution is 2.29. The Kier molecular flexibility index (Phi) is 4.77. The Hall–Kier alpha value is -2.93. The SMILES string of the molecule is Cc1ccc(-c2nnc(SCc3nc(C)no3)n2-c2ccc(C)cc2)cc1. The van der Waals surface area contributed by atoms with Gasteiger partial charge in [-0.15, -0.1) is 10.2 Å². The molecule has 0 fully saturated rings. The normalized spacial score (nSPS) is 11.1. The van der Waals surface area contributed by atoms with E-state index in [0.717, 1.165) is 22.2 Å². The van der Waals surface area contributed by atoms with Crippen molar-refractivity contribution in [2.45, 2.75) is 31.7 Å². The number of thioether (sulfide) groups is 1. The van der Waals surface area contributed by atoms with Crippen LogP contribution in [0, 0.1) is 20.8 Å².